The van der Waals surface area contributed by atoms with Crippen LogP contribution in [0.5, 0.6) is 5.75 Å². The summed E-state index contributed by atoms with van der Waals surface area (Å²) in [5.41, 5.74) is 0.430. The highest BCUT2D eigenvalue weighted by Crippen LogP contribution is 2.13. The molecule has 1 amide bonds. The van der Waals surface area contributed by atoms with Crippen molar-refractivity contribution in [3.05, 3.63) is 24.0 Å². The van der Waals surface area contributed by atoms with E-state index >= 15 is 0 Å². The zero-order valence-corrected chi connectivity index (χ0v) is 12.6. The van der Waals surface area contributed by atoms with Crippen molar-refractivity contribution < 1.29 is 14.6 Å². The number of aliphatic hydroxyl groups is 1. The fourth-order valence-corrected chi connectivity index (χ4v) is 1.82. The maximum atomic E-state index is 12.0. The fourth-order valence-electron chi connectivity index (χ4n) is 1.82. The Morgan fingerprint density at radius 2 is 2.05 bits per heavy atom. The molecule has 0 aromatic carbocycles. The lowest BCUT2D eigenvalue weighted by Crippen LogP contribution is -2.32. The van der Waals surface area contributed by atoms with Crippen LogP contribution in [0.3, 0.4) is 0 Å². The number of carbonyl (C=O) groups excluding carboxylic acids is 1. The predicted octanol–water partition coefficient (Wildman–Crippen LogP) is 2.01. The normalized spacial score (nSPS) is 12.6. The van der Waals surface area contributed by atoms with Gasteiger partial charge < -0.3 is 15.2 Å². The number of hydrogen-bond donors (Lipinski definition) is 2. The van der Waals surface area contributed by atoms with E-state index in [4.69, 9.17) is 4.74 Å². The van der Waals surface area contributed by atoms with E-state index in [1.54, 1.807) is 12.3 Å². The minimum Gasteiger partial charge on any atom is -0.489 e. The Hall–Kier alpha value is -1.62. The Balaban J connectivity index is 2.55. The van der Waals surface area contributed by atoms with Gasteiger partial charge in [-0.25, -0.2) is 0 Å². The molecule has 5 heteroatoms. The van der Waals surface area contributed by atoms with Crippen LogP contribution in [0, 0.1) is 5.92 Å². The van der Waals surface area contributed by atoms with Gasteiger partial charge in [0, 0.05) is 12.7 Å². The lowest BCUT2D eigenvalue weighted by molar-refractivity contribution is 0.0899. The molecule has 0 aliphatic carbocycles. The molecule has 1 aromatic heterocycles. The Morgan fingerprint density at radius 1 is 1.35 bits per heavy atom. The first-order chi connectivity index (χ1) is 9.38. The molecule has 0 aliphatic heterocycles. The summed E-state index contributed by atoms with van der Waals surface area (Å²) in [6.45, 7) is 8.12. The summed E-state index contributed by atoms with van der Waals surface area (Å²) in [7, 11) is 0. The molecule has 5 nitrogen and oxygen atoms in total. The summed E-state index contributed by atoms with van der Waals surface area (Å²) in [6, 6.07) is 1.65. The zero-order valence-electron chi connectivity index (χ0n) is 12.6. The number of rotatable bonds is 7. The van der Waals surface area contributed by atoms with Crippen LogP contribution in [-0.2, 0) is 0 Å². The molecule has 0 radical (unpaired) electrons. The van der Waals surface area contributed by atoms with Gasteiger partial charge in [-0.15, -0.1) is 0 Å². The molecular formula is C15H24N2O3. The molecular weight excluding hydrogens is 256 g/mol. The smallest absolute Gasteiger partial charge is 0.253 e. The van der Waals surface area contributed by atoms with Crippen molar-refractivity contribution >= 4 is 5.91 Å². The third-order valence-corrected chi connectivity index (χ3v) is 2.59. The fraction of sp³-hybridized carbons (Fsp3) is 0.600. The number of ether oxygens (including phenoxy) is 1. The van der Waals surface area contributed by atoms with Crippen LogP contribution < -0.4 is 10.1 Å². The molecule has 1 rings (SSSR count). The third kappa shape index (κ3) is 6.02. The predicted molar refractivity (Wildman–Crippen MR) is 77.8 cm³/mol. The van der Waals surface area contributed by atoms with Crippen molar-refractivity contribution in [2.45, 2.75) is 46.3 Å². The summed E-state index contributed by atoms with van der Waals surface area (Å²) in [5, 5.41) is 12.4. The molecule has 1 atom stereocenters. The topological polar surface area (TPSA) is 71.5 Å². The molecule has 112 valence electrons. The van der Waals surface area contributed by atoms with Crippen LogP contribution >= 0.6 is 0 Å². The van der Waals surface area contributed by atoms with E-state index in [1.165, 1.54) is 6.20 Å². The first kappa shape index (κ1) is 16.4. The van der Waals surface area contributed by atoms with Crippen molar-refractivity contribution in [1.29, 1.82) is 0 Å². The van der Waals surface area contributed by atoms with Crippen molar-refractivity contribution in [3.8, 4) is 5.75 Å². The highest BCUT2D eigenvalue weighted by atomic mass is 16.5. The summed E-state index contributed by atoms with van der Waals surface area (Å²) < 4.78 is 5.49. The maximum absolute atomic E-state index is 12.0. The van der Waals surface area contributed by atoms with Crippen LogP contribution in [-0.4, -0.2) is 34.8 Å². The van der Waals surface area contributed by atoms with Crippen molar-refractivity contribution in [2.24, 2.45) is 5.92 Å². The Bertz CT molecular complexity index is 433. The SMILES string of the molecule is CC(C)CC(O)CNC(=O)c1cncc(OC(C)C)c1. The van der Waals surface area contributed by atoms with Crippen LogP contribution in [0.15, 0.2) is 18.5 Å². The quantitative estimate of drug-likeness (QED) is 0.801. The van der Waals surface area contributed by atoms with Crippen LogP contribution in [0.25, 0.3) is 0 Å². The minimum atomic E-state index is -0.526. The Labute approximate surface area is 120 Å². The number of nitrogens with zero attached hydrogens (tertiary/aromatic N) is 1. The van der Waals surface area contributed by atoms with Crippen LogP contribution in [0.2, 0.25) is 0 Å². The number of pyridine rings is 1. The summed E-state index contributed by atoms with van der Waals surface area (Å²) >= 11 is 0. The highest BCUT2D eigenvalue weighted by molar-refractivity contribution is 5.94. The maximum Gasteiger partial charge on any atom is 0.253 e. The average molecular weight is 280 g/mol. The van der Waals surface area contributed by atoms with E-state index < -0.39 is 6.10 Å². The first-order valence-corrected chi connectivity index (χ1v) is 6.96. The largest absolute Gasteiger partial charge is 0.489 e. The van der Waals surface area contributed by atoms with Crippen LogP contribution in [0.4, 0.5) is 0 Å². The highest BCUT2D eigenvalue weighted by Gasteiger charge is 2.11. The molecule has 1 aromatic rings. The molecule has 20 heavy (non-hydrogen) atoms. The second-order valence-electron chi connectivity index (χ2n) is 5.57. The van der Waals surface area contributed by atoms with E-state index in [2.05, 4.69) is 10.3 Å². The van der Waals surface area contributed by atoms with Gasteiger partial charge in [-0.3, -0.25) is 9.78 Å². The molecule has 1 heterocycles. The van der Waals surface area contributed by atoms with Gasteiger partial charge in [0.1, 0.15) is 5.75 Å². The van der Waals surface area contributed by atoms with Crippen LogP contribution in [0.1, 0.15) is 44.5 Å². The molecule has 0 saturated carbocycles. The number of amides is 1. The Kier molecular flexibility index (Phi) is 6.45. The van der Waals surface area contributed by atoms with Crippen molar-refractivity contribution in [1.82, 2.24) is 10.3 Å². The van der Waals surface area contributed by atoms with E-state index in [9.17, 15) is 9.90 Å². The Morgan fingerprint density at radius 3 is 2.65 bits per heavy atom. The standard InChI is InChI=1S/C15H24N2O3/c1-10(2)5-13(18)8-17-15(19)12-6-14(9-16-7-12)20-11(3)4/h6-7,9-11,13,18H,5,8H2,1-4H3,(H,17,19). The molecule has 2 N–H and O–H groups in total. The van der Waals surface area contributed by atoms with Crippen molar-refractivity contribution in [3.63, 3.8) is 0 Å². The molecule has 0 saturated heterocycles. The molecule has 0 fully saturated rings. The number of aromatic nitrogens is 1. The minimum absolute atomic E-state index is 0.0305. The number of nitrogens with one attached hydrogen (secondary N) is 1. The number of carbonyl (C=O) groups is 1. The van der Waals surface area contributed by atoms with Crippen molar-refractivity contribution in [2.75, 3.05) is 6.54 Å². The monoisotopic (exact) mass is 280 g/mol. The van der Waals surface area contributed by atoms with Gasteiger partial charge in [-0.1, -0.05) is 13.8 Å². The van der Waals surface area contributed by atoms with Gasteiger partial charge in [0.15, 0.2) is 0 Å². The van der Waals surface area contributed by atoms with E-state index in [1.807, 2.05) is 27.7 Å². The van der Waals surface area contributed by atoms with Gasteiger partial charge in [0.05, 0.1) is 24.0 Å². The van der Waals surface area contributed by atoms with E-state index in [0.29, 0.717) is 23.7 Å². The van der Waals surface area contributed by atoms with E-state index in [-0.39, 0.29) is 18.6 Å². The van der Waals surface area contributed by atoms with Gasteiger partial charge in [-0.05, 0) is 32.3 Å². The van der Waals surface area contributed by atoms with Gasteiger partial charge in [0.2, 0.25) is 0 Å². The second kappa shape index (κ2) is 7.85. The lowest BCUT2D eigenvalue weighted by Gasteiger charge is -2.14. The molecule has 0 bridgehead atoms. The summed E-state index contributed by atoms with van der Waals surface area (Å²) in [6.07, 6.45) is 3.22. The average Bonchev–Trinajstić information content (AvgIpc) is 2.34. The second-order valence-corrected chi connectivity index (χ2v) is 5.57. The summed E-state index contributed by atoms with van der Waals surface area (Å²) in [4.78, 5) is 15.9. The molecule has 0 spiro atoms. The first-order valence-electron chi connectivity index (χ1n) is 6.96. The lowest BCUT2D eigenvalue weighted by atomic mass is 10.1. The number of aliphatic hydroxyl groups excluding tert-OH is 1. The van der Waals surface area contributed by atoms with Gasteiger partial charge >= 0.3 is 0 Å². The zero-order chi connectivity index (χ0) is 15.1. The summed E-state index contributed by atoms with van der Waals surface area (Å²) in [5.74, 6) is 0.705. The molecule has 1 unspecified atom stereocenters. The van der Waals surface area contributed by atoms with Gasteiger partial charge in [-0.2, -0.15) is 0 Å². The van der Waals surface area contributed by atoms with E-state index in [0.717, 1.165) is 0 Å². The molecule has 0 aliphatic rings. The third-order valence-electron chi connectivity index (χ3n) is 2.59. The number of hydrogen-bond acceptors (Lipinski definition) is 4. The van der Waals surface area contributed by atoms with Gasteiger partial charge in [0.25, 0.3) is 5.91 Å².